The summed E-state index contributed by atoms with van der Waals surface area (Å²) in [5, 5.41) is 2.93. The minimum absolute atomic E-state index is 0.00856. The number of ether oxygens (including phenoxy) is 1. The molecular formula is C19H22N2O5S. The number of hydrogen-bond acceptors (Lipinski definition) is 5. The van der Waals surface area contributed by atoms with Gasteiger partial charge in [0.2, 0.25) is 10.0 Å². The Bertz CT molecular complexity index is 960. The highest BCUT2D eigenvalue weighted by Gasteiger charge is 2.32. The third-order valence-corrected chi connectivity index (χ3v) is 7.05. The highest BCUT2D eigenvalue weighted by molar-refractivity contribution is 7.89. The van der Waals surface area contributed by atoms with Crippen molar-refractivity contribution in [2.24, 2.45) is 0 Å². The fourth-order valence-corrected chi connectivity index (χ4v) is 5.30. The van der Waals surface area contributed by atoms with Crippen LogP contribution in [0.5, 0.6) is 5.75 Å². The minimum atomic E-state index is -3.62. The lowest BCUT2D eigenvalue weighted by atomic mass is 10.0. The molecule has 1 aromatic carbocycles. The van der Waals surface area contributed by atoms with Crippen LogP contribution >= 0.6 is 0 Å². The van der Waals surface area contributed by atoms with Crippen molar-refractivity contribution < 1.29 is 22.4 Å². The van der Waals surface area contributed by atoms with E-state index in [1.54, 1.807) is 6.92 Å². The number of carbonyl (C=O) groups is 1. The van der Waals surface area contributed by atoms with Gasteiger partial charge in [0.1, 0.15) is 16.4 Å². The van der Waals surface area contributed by atoms with Crippen LogP contribution in [0.2, 0.25) is 0 Å². The van der Waals surface area contributed by atoms with E-state index in [9.17, 15) is 13.2 Å². The van der Waals surface area contributed by atoms with Crippen LogP contribution in [0.4, 0.5) is 0 Å². The van der Waals surface area contributed by atoms with Gasteiger partial charge in [0.05, 0.1) is 12.6 Å². The van der Waals surface area contributed by atoms with Crippen LogP contribution in [0.25, 0.3) is 0 Å². The number of hydrogen-bond donors (Lipinski definition) is 1. The molecule has 1 N–H and O–H groups in total. The Balaban J connectivity index is 1.56. The van der Waals surface area contributed by atoms with Crippen LogP contribution in [-0.4, -0.2) is 38.3 Å². The largest absolute Gasteiger partial charge is 0.493 e. The second kappa shape index (κ2) is 7.01. The molecule has 0 radical (unpaired) electrons. The Morgan fingerprint density at radius 2 is 1.96 bits per heavy atom. The first-order valence-corrected chi connectivity index (χ1v) is 10.5. The average molecular weight is 390 g/mol. The molecule has 1 amide bonds. The number of amides is 1. The molecule has 2 aromatic rings. The lowest BCUT2D eigenvalue weighted by Crippen LogP contribution is -2.32. The molecule has 0 aliphatic carbocycles. The van der Waals surface area contributed by atoms with Gasteiger partial charge < -0.3 is 14.5 Å². The molecule has 1 aromatic heterocycles. The molecule has 0 spiro atoms. The molecule has 0 saturated carbocycles. The normalized spacial score (nSPS) is 20.1. The lowest BCUT2D eigenvalue weighted by molar-refractivity contribution is 0.0895. The Kier molecular flexibility index (Phi) is 4.69. The maximum Gasteiger partial charge on any atom is 0.287 e. The number of aryl methyl sites for hydroxylation is 1. The summed E-state index contributed by atoms with van der Waals surface area (Å²) in [6.45, 7) is 3.10. The number of rotatable bonds is 4. The number of benzene rings is 1. The third-order valence-electron chi connectivity index (χ3n) is 5.04. The van der Waals surface area contributed by atoms with Crippen LogP contribution in [0.1, 0.15) is 47.2 Å². The van der Waals surface area contributed by atoms with Crippen LogP contribution < -0.4 is 10.1 Å². The van der Waals surface area contributed by atoms with Crippen molar-refractivity contribution in [3.63, 3.8) is 0 Å². The summed E-state index contributed by atoms with van der Waals surface area (Å²) in [5.74, 6) is 0.568. The van der Waals surface area contributed by atoms with Crippen molar-refractivity contribution in [2.45, 2.75) is 37.1 Å². The van der Waals surface area contributed by atoms with Crippen molar-refractivity contribution >= 4 is 15.9 Å². The van der Waals surface area contributed by atoms with E-state index in [1.165, 1.54) is 10.4 Å². The summed E-state index contributed by atoms with van der Waals surface area (Å²) >= 11 is 0. The Morgan fingerprint density at radius 1 is 1.22 bits per heavy atom. The minimum Gasteiger partial charge on any atom is -0.493 e. The molecule has 1 saturated heterocycles. The van der Waals surface area contributed by atoms with Gasteiger partial charge in [-0.1, -0.05) is 18.2 Å². The number of furan rings is 1. The number of para-hydroxylation sites is 1. The van der Waals surface area contributed by atoms with Crippen molar-refractivity contribution in [3.8, 4) is 5.75 Å². The molecule has 2 aliphatic rings. The van der Waals surface area contributed by atoms with Crippen LogP contribution in [0.3, 0.4) is 0 Å². The van der Waals surface area contributed by atoms with Crippen molar-refractivity contribution in [1.82, 2.24) is 9.62 Å². The van der Waals surface area contributed by atoms with Crippen LogP contribution in [0.15, 0.2) is 39.6 Å². The van der Waals surface area contributed by atoms with E-state index >= 15 is 0 Å². The van der Waals surface area contributed by atoms with Gasteiger partial charge in [-0.25, -0.2) is 8.42 Å². The molecule has 3 heterocycles. The van der Waals surface area contributed by atoms with Gasteiger partial charge in [-0.05, 0) is 25.8 Å². The van der Waals surface area contributed by atoms with Gasteiger partial charge in [-0.2, -0.15) is 4.31 Å². The number of nitrogens with one attached hydrogen (secondary N) is 1. The fraction of sp³-hybridized carbons (Fsp3) is 0.421. The van der Waals surface area contributed by atoms with Crippen molar-refractivity contribution in [1.29, 1.82) is 0 Å². The smallest absolute Gasteiger partial charge is 0.287 e. The predicted octanol–water partition coefficient (Wildman–Crippen LogP) is 2.63. The monoisotopic (exact) mass is 390 g/mol. The maximum absolute atomic E-state index is 12.8. The number of sulfonamides is 1. The molecule has 144 valence electrons. The van der Waals surface area contributed by atoms with Gasteiger partial charge in [-0.15, -0.1) is 0 Å². The van der Waals surface area contributed by atoms with Crippen LogP contribution in [-0.2, 0) is 10.0 Å². The van der Waals surface area contributed by atoms with E-state index < -0.39 is 15.9 Å². The van der Waals surface area contributed by atoms with Gasteiger partial charge in [0.15, 0.2) is 5.76 Å². The summed E-state index contributed by atoms with van der Waals surface area (Å²) in [7, 11) is -3.62. The summed E-state index contributed by atoms with van der Waals surface area (Å²) in [5.41, 5.74) is 0.908. The molecule has 4 rings (SSSR count). The quantitative estimate of drug-likeness (QED) is 0.867. The molecule has 1 atom stereocenters. The second-order valence-electron chi connectivity index (χ2n) is 6.84. The molecule has 27 heavy (non-hydrogen) atoms. The summed E-state index contributed by atoms with van der Waals surface area (Å²) in [6.07, 6.45) is 2.35. The number of nitrogens with zero attached hydrogens (tertiary/aromatic N) is 1. The standard InChI is InChI=1S/C19H22N2O5S/c1-13-18(27(23,24)21-9-4-5-10-21)12-17(26-13)19(22)20-15-8-11-25-16-7-3-2-6-14(15)16/h2-3,6-7,12,15H,4-5,8-11H2,1H3,(H,20,22). The van der Waals surface area contributed by atoms with Gasteiger partial charge in [0, 0.05) is 31.1 Å². The highest BCUT2D eigenvalue weighted by Crippen LogP contribution is 2.32. The fourth-order valence-electron chi connectivity index (χ4n) is 3.62. The van der Waals surface area contributed by atoms with Gasteiger partial charge in [0.25, 0.3) is 5.91 Å². The Hall–Kier alpha value is -2.32. The molecule has 8 heteroatoms. The van der Waals surface area contributed by atoms with Gasteiger partial charge in [-0.3, -0.25) is 4.79 Å². The van der Waals surface area contributed by atoms with E-state index in [0.717, 1.165) is 24.2 Å². The van der Waals surface area contributed by atoms with Crippen molar-refractivity contribution in [2.75, 3.05) is 19.7 Å². The SMILES string of the molecule is Cc1oc(C(=O)NC2CCOc3ccccc32)cc1S(=O)(=O)N1CCCC1. The van der Waals surface area contributed by atoms with E-state index in [1.807, 2.05) is 24.3 Å². The molecule has 0 bridgehead atoms. The third kappa shape index (κ3) is 3.35. The second-order valence-corrected chi connectivity index (χ2v) is 8.75. The average Bonchev–Trinajstić information content (AvgIpc) is 3.32. The van der Waals surface area contributed by atoms with E-state index in [-0.39, 0.29) is 22.5 Å². The Morgan fingerprint density at radius 3 is 2.74 bits per heavy atom. The number of carbonyl (C=O) groups excluding carboxylic acids is 1. The molecule has 1 unspecified atom stereocenters. The molecule has 2 aliphatic heterocycles. The van der Waals surface area contributed by atoms with E-state index in [4.69, 9.17) is 9.15 Å². The van der Waals surface area contributed by atoms with E-state index in [0.29, 0.717) is 26.1 Å². The first kappa shape index (κ1) is 18.1. The van der Waals surface area contributed by atoms with E-state index in [2.05, 4.69) is 5.32 Å². The Labute approximate surface area is 158 Å². The van der Waals surface area contributed by atoms with Gasteiger partial charge >= 0.3 is 0 Å². The summed E-state index contributed by atoms with van der Waals surface area (Å²) in [4.78, 5) is 12.8. The summed E-state index contributed by atoms with van der Waals surface area (Å²) in [6, 6.07) is 8.69. The zero-order valence-corrected chi connectivity index (χ0v) is 15.9. The molecular weight excluding hydrogens is 368 g/mol. The highest BCUT2D eigenvalue weighted by atomic mass is 32.2. The first-order chi connectivity index (χ1) is 13.0. The summed E-state index contributed by atoms with van der Waals surface area (Å²) < 4.78 is 38.1. The molecule has 1 fully saturated rings. The molecule has 7 nitrogen and oxygen atoms in total. The predicted molar refractivity (Wildman–Crippen MR) is 98.2 cm³/mol. The zero-order valence-electron chi connectivity index (χ0n) is 15.1. The van der Waals surface area contributed by atoms with Crippen molar-refractivity contribution in [3.05, 3.63) is 47.4 Å². The maximum atomic E-state index is 12.8. The lowest BCUT2D eigenvalue weighted by Gasteiger charge is -2.26. The zero-order chi connectivity index (χ0) is 19.0. The topological polar surface area (TPSA) is 88.8 Å². The van der Waals surface area contributed by atoms with Crippen LogP contribution in [0, 0.1) is 6.92 Å². The number of fused-ring (bicyclic) bond motifs is 1. The first-order valence-electron chi connectivity index (χ1n) is 9.10.